The maximum absolute atomic E-state index is 11.7. The molecule has 0 radical (unpaired) electrons. The van der Waals surface area contributed by atoms with Gasteiger partial charge in [-0.2, -0.15) is 0 Å². The van der Waals surface area contributed by atoms with Crippen molar-refractivity contribution in [3.8, 4) is 0 Å². The standard InChI is InChI=1S/C17H25N3O4/c1-10(2)7-15-18-19-16(24-15)11(3)20(5)9-13-8-14(12(4)23-13)17(21)22-6/h8,10-11H,7,9H2,1-6H3/t11-/m1/s1. The molecule has 2 heterocycles. The van der Waals surface area contributed by atoms with Crippen LogP contribution < -0.4 is 0 Å². The zero-order valence-electron chi connectivity index (χ0n) is 15.1. The van der Waals surface area contributed by atoms with Gasteiger partial charge in [-0.1, -0.05) is 13.8 Å². The highest BCUT2D eigenvalue weighted by molar-refractivity contribution is 5.90. The summed E-state index contributed by atoms with van der Waals surface area (Å²) in [6.07, 6.45) is 0.767. The summed E-state index contributed by atoms with van der Waals surface area (Å²) in [4.78, 5) is 13.7. The maximum Gasteiger partial charge on any atom is 0.341 e. The third kappa shape index (κ3) is 4.23. The van der Waals surface area contributed by atoms with Gasteiger partial charge in [-0.25, -0.2) is 4.79 Å². The number of esters is 1. The number of carbonyl (C=O) groups is 1. The average molecular weight is 335 g/mol. The second kappa shape index (κ2) is 7.61. The van der Waals surface area contributed by atoms with Gasteiger partial charge in [-0.15, -0.1) is 10.2 Å². The van der Waals surface area contributed by atoms with Gasteiger partial charge in [0.1, 0.15) is 17.1 Å². The van der Waals surface area contributed by atoms with Crippen molar-refractivity contribution in [1.82, 2.24) is 15.1 Å². The maximum atomic E-state index is 11.7. The van der Waals surface area contributed by atoms with Gasteiger partial charge in [0.2, 0.25) is 11.8 Å². The topological polar surface area (TPSA) is 81.6 Å². The highest BCUT2D eigenvalue weighted by Gasteiger charge is 2.22. The van der Waals surface area contributed by atoms with Crippen molar-refractivity contribution in [1.29, 1.82) is 0 Å². The Bertz CT molecular complexity index is 690. The van der Waals surface area contributed by atoms with E-state index in [1.807, 2.05) is 18.9 Å². The SMILES string of the molecule is COC(=O)c1cc(CN(C)[C@H](C)c2nnc(CC(C)C)o2)oc1C. The van der Waals surface area contributed by atoms with Gasteiger partial charge >= 0.3 is 5.97 Å². The molecule has 2 rings (SSSR count). The number of rotatable bonds is 7. The largest absolute Gasteiger partial charge is 0.465 e. The Kier molecular flexibility index (Phi) is 5.77. The minimum atomic E-state index is -0.395. The molecule has 2 aromatic heterocycles. The van der Waals surface area contributed by atoms with Crippen molar-refractivity contribution >= 4 is 5.97 Å². The number of hydrogen-bond donors (Lipinski definition) is 0. The normalized spacial score (nSPS) is 12.8. The number of furan rings is 1. The van der Waals surface area contributed by atoms with Crippen molar-refractivity contribution in [3.63, 3.8) is 0 Å². The van der Waals surface area contributed by atoms with E-state index in [1.54, 1.807) is 13.0 Å². The third-order valence-corrected chi connectivity index (χ3v) is 3.86. The van der Waals surface area contributed by atoms with Gasteiger partial charge < -0.3 is 13.6 Å². The molecule has 1 atom stereocenters. The molecule has 132 valence electrons. The van der Waals surface area contributed by atoms with Crippen LogP contribution >= 0.6 is 0 Å². The third-order valence-electron chi connectivity index (χ3n) is 3.86. The van der Waals surface area contributed by atoms with E-state index in [0.717, 1.165) is 6.42 Å². The van der Waals surface area contributed by atoms with E-state index in [-0.39, 0.29) is 6.04 Å². The zero-order chi connectivity index (χ0) is 17.9. The predicted octanol–water partition coefficient (Wildman–Crippen LogP) is 3.15. The van der Waals surface area contributed by atoms with Crippen LogP contribution in [0.15, 0.2) is 14.9 Å². The smallest absolute Gasteiger partial charge is 0.341 e. The Morgan fingerprint density at radius 2 is 2.00 bits per heavy atom. The lowest BCUT2D eigenvalue weighted by molar-refractivity contribution is 0.0599. The first-order valence-electron chi connectivity index (χ1n) is 8.02. The number of aryl methyl sites for hydroxylation is 1. The molecule has 0 spiro atoms. The molecular formula is C17H25N3O4. The summed E-state index contributed by atoms with van der Waals surface area (Å²) in [6, 6.07) is 1.65. The Hall–Kier alpha value is -2.15. The molecule has 0 amide bonds. The average Bonchev–Trinajstić information content (AvgIpc) is 3.11. The molecule has 7 nitrogen and oxygen atoms in total. The molecule has 0 aromatic carbocycles. The first-order chi connectivity index (χ1) is 11.3. The number of hydrogen-bond acceptors (Lipinski definition) is 7. The van der Waals surface area contributed by atoms with Gasteiger partial charge in [0.05, 0.1) is 19.7 Å². The lowest BCUT2D eigenvalue weighted by atomic mass is 10.1. The number of carbonyl (C=O) groups excluding carboxylic acids is 1. The highest BCUT2D eigenvalue weighted by atomic mass is 16.5. The van der Waals surface area contributed by atoms with Gasteiger partial charge in [-0.05, 0) is 32.9 Å². The lowest BCUT2D eigenvalue weighted by Gasteiger charge is -2.20. The van der Waals surface area contributed by atoms with E-state index < -0.39 is 5.97 Å². The van der Waals surface area contributed by atoms with Crippen LogP contribution in [0.1, 0.15) is 60.5 Å². The number of aromatic nitrogens is 2. The van der Waals surface area contributed by atoms with E-state index in [2.05, 4.69) is 24.0 Å². The summed E-state index contributed by atoms with van der Waals surface area (Å²) in [5.41, 5.74) is 0.450. The Balaban J connectivity index is 2.05. The fourth-order valence-corrected chi connectivity index (χ4v) is 2.37. The van der Waals surface area contributed by atoms with Crippen molar-refractivity contribution in [2.45, 2.75) is 46.7 Å². The fraction of sp³-hybridized carbons (Fsp3) is 0.588. The van der Waals surface area contributed by atoms with E-state index in [9.17, 15) is 4.79 Å². The Labute approximate surface area is 142 Å². The molecule has 0 aliphatic heterocycles. The predicted molar refractivity (Wildman–Crippen MR) is 87.5 cm³/mol. The summed E-state index contributed by atoms with van der Waals surface area (Å²) >= 11 is 0. The Morgan fingerprint density at radius 1 is 1.29 bits per heavy atom. The summed E-state index contributed by atoms with van der Waals surface area (Å²) in [5.74, 6) is 2.54. The Morgan fingerprint density at radius 3 is 2.62 bits per heavy atom. The fourth-order valence-electron chi connectivity index (χ4n) is 2.37. The van der Waals surface area contributed by atoms with Crippen LogP contribution in [0.3, 0.4) is 0 Å². The summed E-state index contributed by atoms with van der Waals surface area (Å²) in [7, 11) is 3.29. The van der Waals surface area contributed by atoms with Crippen LogP contribution in [0.5, 0.6) is 0 Å². The lowest BCUT2D eigenvalue weighted by Crippen LogP contribution is -2.22. The van der Waals surface area contributed by atoms with Crippen LogP contribution in [0.4, 0.5) is 0 Å². The summed E-state index contributed by atoms with van der Waals surface area (Å²) in [6.45, 7) is 8.47. The van der Waals surface area contributed by atoms with Gasteiger partial charge in [-0.3, -0.25) is 4.90 Å². The second-order valence-corrected chi connectivity index (χ2v) is 6.40. The molecule has 0 aliphatic carbocycles. The molecular weight excluding hydrogens is 310 g/mol. The van der Waals surface area contributed by atoms with Crippen molar-refractivity contribution in [2.24, 2.45) is 5.92 Å². The first-order valence-corrected chi connectivity index (χ1v) is 8.02. The quantitative estimate of drug-likeness (QED) is 0.719. The number of ether oxygens (including phenoxy) is 1. The second-order valence-electron chi connectivity index (χ2n) is 6.40. The minimum Gasteiger partial charge on any atom is -0.465 e. The molecule has 0 aliphatic rings. The van der Waals surface area contributed by atoms with Crippen molar-refractivity contribution < 1.29 is 18.4 Å². The van der Waals surface area contributed by atoms with Crippen LogP contribution in [0.25, 0.3) is 0 Å². The molecule has 0 unspecified atom stereocenters. The van der Waals surface area contributed by atoms with E-state index in [4.69, 9.17) is 13.6 Å². The van der Waals surface area contributed by atoms with Crippen molar-refractivity contribution in [2.75, 3.05) is 14.2 Å². The van der Waals surface area contributed by atoms with E-state index in [1.165, 1.54) is 7.11 Å². The molecule has 0 N–H and O–H groups in total. The molecule has 0 saturated carbocycles. The van der Waals surface area contributed by atoms with Gasteiger partial charge in [0.15, 0.2) is 0 Å². The van der Waals surface area contributed by atoms with Crippen LogP contribution in [-0.4, -0.2) is 35.2 Å². The number of nitrogens with zero attached hydrogens (tertiary/aromatic N) is 3. The van der Waals surface area contributed by atoms with Crippen LogP contribution in [0, 0.1) is 12.8 Å². The molecule has 0 bridgehead atoms. The number of methoxy groups -OCH3 is 1. The monoisotopic (exact) mass is 335 g/mol. The first kappa shape index (κ1) is 18.2. The molecule has 2 aromatic rings. The molecule has 0 fully saturated rings. The van der Waals surface area contributed by atoms with Crippen LogP contribution in [-0.2, 0) is 17.7 Å². The van der Waals surface area contributed by atoms with Gasteiger partial charge in [0, 0.05) is 6.42 Å². The molecule has 24 heavy (non-hydrogen) atoms. The van der Waals surface area contributed by atoms with E-state index in [0.29, 0.717) is 41.3 Å². The van der Waals surface area contributed by atoms with E-state index >= 15 is 0 Å². The zero-order valence-corrected chi connectivity index (χ0v) is 15.1. The minimum absolute atomic E-state index is 0.0644. The summed E-state index contributed by atoms with van der Waals surface area (Å²) in [5, 5.41) is 8.22. The summed E-state index contributed by atoms with van der Waals surface area (Å²) < 4.78 is 16.1. The van der Waals surface area contributed by atoms with Gasteiger partial charge in [0.25, 0.3) is 0 Å². The van der Waals surface area contributed by atoms with Crippen molar-refractivity contribution in [3.05, 3.63) is 34.9 Å². The highest BCUT2D eigenvalue weighted by Crippen LogP contribution is 2.23. The molecule has 0 saturated heterocycles. The molecule has 7 heteroatoms. The van der Waals surface area contributed by atoms with Crippen LogP contribution in [0.2, 0.25) is 0 Å².